The fourth-order valence-electron chi connectivity index (χ4n) is 6.59. The smallest absolute Gasteiger partial charge is 0.400 e. The van der Waals surface area contributed by atoms with Gasteiger partial charge in [-0.3, -0.25) is 9.59 Å². The summed E-state index contributed by atoms with van der Waals surface area (Å²) in [5, 5.41) is 14.0. The van der Waals surface area contributed by atoms with Gasteiger partial charge in [-0.05, 0) is 42.4 Å². The molecule has 0 saturated heterocycles. The number of hydrogen-bond donors (Lipinski definition) is 2. The van der Waals surface area contributed by atoms with Crippen LogP contribution < -0.4 is 10.9 Å². The fourth-order valence-corrected chi connectivity index (χ4v) is 6.83. The van der Waals surface area contributed by atoms with E-state index in [1.807, 2.05) is 0 Å². The molecule has 0 saturated carbocycles. The van der Waals surface area contributed by atoms with Crippen molar-refractivity contribution in [3.63, 3.8) is 0 Å². The minimum absolute atomic E-state index is 0.0543. The van der Waals surface area contributed by atoms with Gasteiger partial charge in [0.1, 0.15) is 18.3 Å². The molecule has 2 N–H and O–H groups in total. The van der Waals surface area contributed by atoms with Gasteiger partial charge < -0.3 is 19.7 Å². The Morgan fingerprint density at radius 3 is 2.62 bits per heavy atom. The normalized spacial score (nSPS) is 21.6. The first-order valence-corrected chi connectivity index (χ1v) is 13.9. The van der Waals surface area contributed by atoms with Crippen LogP contribution in [0.5, 0.6) is 0 Å². The molecule has 1 aromatic carbocycles. The first kappa shape index (κ1) is 28.6. The second-order valence-corrected chi connectivity index (χ2v) is 11.7. The van der Waals surface area contributed by atoms with E-state index in [4.69, 9.17) is 16.3 Å². The zero-order valence-corrected chi connectivity index (χ0v) is 23.5. The van der Waals surface area contributed by atoms with Gasteiger partial charge in [-0.1, -0.05) is 32.4 Å². The van der Waals surface area contributed by atoms with Crippen molar-refractivity contribution in [2.75, 3.05) is 0 Å². The van der Waals surface area contributed by atoms with Crippen LogP contribution in [-0.4, -0.2) is 32.7 Å². The van der Waals surface area contributed by atoms with E-state index in [2.05, 4.69) is 10.3 Å². The van der Waals surface area contributed by atoms with Gasteiger partial charge in [-0.25, -0.2) is 14.2 Å². The van der Waals surface area contributed by atoms with Gasteiger partial charge in [0.2, 0.25) is 5.91 Å². The summed E-state index contributed by atoms with van der Waals surface area (Å²) in [5.41, 5.74) is -0.503. The Kier molecular flexibility index (Phi) is 6.47. The summed E-state index contributed by atoms with van der Waals surface area (Å²) in [6, 6.07) is 1.69. The van der Waals surface area contributed by atoms with E-state index in [0.29, 0.717) is 22.1 Å². The molecule has 13 heteroatoms. The SMILES string of the molecule is CC[C@@]1(O)C(=O)OCc2c1cc1n(c2=O)Cc2c-1nc1cc(F)c(Cl)c3c1c2[C@@H](NC(=O)[C@@H](C(C)C)C(F)(F)F)CC3. The number of nitrogens with one attached hydrogen (secondary N) is 1. The Morgan fingerprint density at radius 1 is 1.26 bits per heavy atom. The number of cyclic esters (lactones) is 1. The summed E-state index contributed by atoms with van der Waals surface area (Å²) in [5.74, 6) is -6.10. The lowest BCUT2D eigenvalue weighted by Crippen LogP contribution is -2.44. The third kappa shape index (κ3) is 3.98. The monoisotopic (exact) mass is 607 g/mol. The Morgan fingerprint density at radius 2 is 1.98 bits per heavy atom. The maximum Gasteiger partial charge on any atom is 0.400 e. The quantitative estimate of drug-likeness (QED) is 0.255. The summed E-state index contributed by atoms with van der Waals surface area (Å²) in [6.07, 6.45) is -4.53. The summed E-state index contributed by atoms with van der Waals surface area (Å²) in [7, 11) is 0. The average molecular weight is 608 g/mol. The van der Waals surface area contributed by atoms with Crippen LogP contribution in [0.15, 0.2) is 16.9 Å². The number of amides is 1. The van der Waals surface area contributed by atoms with E-state index in [1.54, 1.807) is 6.92 Å². The first-order valence-electron chi connectivity index (χ1n) is 13.6. The van der Waals surface area contributed by atoms with Gasteiger partial charge in [0, 0.05) is 22.6 Å². The van der Waals surface area contributed by atoms with E-state index >= 15 is 0 Å². The lowest BCUT2D eigenvalue weighted by atomic mass is 9.82. The zero-order valence-electron chi connectivity index (χ0n) is 22.8. The molecular weight excluding hydrogens is 582 g/mol. The highest BCUT2D eigenvalue weighted by Gasteiger charge is 2.48. The average Bonchev–Trinajstić information content (AvgIpc) is 3.27. The van der Waals surface area contributed by atoms with Gasteiger partial charge in [0.25, 0.3) is 5.56 Å². The van der Waals surface area contributed by atoms with Gasteiger partial charge in [0.05, 0.1) is 40.1 Å². The number of esters is 1. The predicted octanol–water partition coefficient (Wildman–Crippen LogP) is 4.81. The van der Waals surface area contributed by atoms with Crippen LogP contribution in [0.25, 0.3) is 22.3 Å². The maximum absolute atomic E-state index is 14.9. The maximum atomic E-state index is 14.9. The topological polar surface area (TPSA) is 111 Å². The number of alkyl halides is 3. The highest BCUT2D eigenvalue weighted by molar-refractivity contribution is 6.32. The van der Waals surface area contributed by atoms with Crippen molar-refractivity contribution in [3.05, 3.63) is 61.1 Å². The zero-order chi connectivity index (χ0) is 30.5. The van der Waals surface area contributed by atoms with Gasteiger partial charge >= 0.3 is 12.1 Å². The number of fused-ring (bicyclic) bond motifs is 5. The molecule has 8 nitrogen and oxygen atoms in total. The Balaban J connectivity index is 1.58. The number of carbonyl (C=O) groups is 2. The van der Waals surface area contributed by atoms with E-state index in [0.717, 1.165) is 6.07 Å². The van der Waals surface area contributed by atoms with Crippen LogP contribution in [0.3, 0.4) is 0 Å². The molecule has 2 aliphatic heterocycles. The molecule has 6 rings (SSSR count). The molecule has 2 aromatic heterocycles. The predicted molar refractivity (Wildman–Crippen MR) is 143 cm³/mol. The molecule has 222 valence electrons. The van der Waals surface area contributed by atoms with E-state index < -0.39 is 52.9 Å². The number of aromatic nitrogens is 2. The molecule has 0 spiro atoms. The van der Waals surface area contributed by atoms with Crippen molar-refractivity contribution in [1.29, 1.82) is 0 Å². The Hall–Kier alpha value is -3.51. The molecule has 1 amide bonds. The van der Waals surface area contributed by atoms with Crippen molar-refractivity contribution < 1.29 is 37.0 Å². The van der Waals surface area contributed by atoms with E-state index in [-0.39, 0.29) is 65.5 Å². The molecule has 0 unspecified atom stereocenters. The highest BCUT2D eigenvalue weighted by atomic mass is 35.5. The molecule has 42 heavy (non-hydrogen) atoms. The van der Waals surface area contributed by atoms with Gasteiger partial charge in [0.15, 0.2) is 5.60 Å². The van der Waals surface area contributed by atoms with Crippen LogP contribution in [0.2, 0.25) is 5.02 Å². The summed E-state index contributed by atoms with van der Waals surface area (Å²) in [6.45, 7) is 3.80. The third-order valence-corrected chi connectivity index (χ3v) is 9.07. The second-order valence-electron chi connectivity index (χ2n) is 11.4. The van der Waals surface area contributed by atoms with Gasteiger partial charge in [-0.2, -0.15) is 13.2 Å². The lowest BCUT2D eigenvalue weighted by Gasteiger charge is -2.31. The molecule has 3 aromatic rings. The number of nitrogens with zero attached hydrogens (tertiary/aromatic N) is 2. The number of ether oxygens (including phenoxy) is 1. The molecule has 0 radical (unpaired) electrons. The number of hydrogen-bond acceptors (Lipinski definition) is 6. The minimum Gasteiger partial charge on any atom is -0.458 e. The van der Waals surface area contributed by atoms with E-state index in [1.165, 1.54) is 24.5 Å². The number of carbonyl (C=O) groups excluding carboxylic acids is 2. The largest absolute Gasteiger partial charge is 0.458 e. The molecule has 3 atom stereocenters. The first-order chi connectivity index (χ1) is 19.7. The third-order valence-electron chi connectivity index (χ3n) is 8.66. The summed E-state index contributed by atoms with van der Waals surface area (Å²) in [4.78, 5) is 43.9. The molecule has 1 aliphatic carbocycles. The van der Waals surface area contributed by atoms with Crippen molar-refractivity contribution in [2.45, 2.75) is 71.0 Å². The van der Waals surface area contributed by atoms with Gasteiger partial charge in [-0.15, -0.1) is 0 Å². The van der Waals surface area contributed by atoms with Crippen LogP contribution in [0.1, 0.15) is 67.5 Å². The van der Waals surface area contributed by atoms with Crippen molar-refractivity contribution in [2.24, 2.45) is 11.8 Å². The number of rotatable bonds is 4. The van der Waals surface area contributed by atoms with Crippen molar-refractivity contribution in [3.8, 4) is 11.4 Å². The number of aliphatic hydroxyl groups is 1. The van der Waals surface area contributed by atoms with Crippen molar-refractivity contribution in [1.82, 2.24) is 14.9 Å². The van der Waals surface area contributed by atoms with E-state index in [9.17, 15) is 37.1 Å². The minimum atomic E-state index is -4.77. The van der Waals surface area contributed by atoms with Crippen LogP contribution in [0, 0.1) is 17.7 Å². The highest BCUT2D eigenvalue weighted by Crippen LogP contribution is 2.47. The van der Waals surface area contributed by atoms with Crippen molar-refractivity contribution >= 4 is 34.4 Å². The van der Waals surface area contributed by atoms with Crippen LogP contribution >= 0.6 is 11.6 Å². The number of aryl methyl sites for hydroxylation is 1. The molecule has 0 bridgehead atoms. The Bertz CT molecular complexity index is 1770. The number of pyridine rings is 2. The van der Waals surface area contributed by atoms with Crippen LogP contribution in [-0.2, 0) is 39.5 Å². The number of benzene rings is 1. The summed E-state index contributed by atoms with van der Waals surface area (Å²) < 4.78 is 62.9. The number of halogens is 5. The fraction of sp³-hybridized carbons (Fsp3) is 0.448. The second kappa shape index (κ2) is 9.50. The molecular formula is C29H26ClF4N3O5. The lowest BCUT2D eigenvalue weighted by molar-refractivity contribution is -0.191. The van der Waals surface area contributed by atoms with Crippen LogP contribution in [0.4, 0.5) is 17.6 Å². The summed E-state index contributed by atoms with van der Waals surface area (Å²) >= 11 is 6.33. The molecule has 3 aliphatic rings. The molecule has 4 heterocycles. The Labute approximate surface area is 241 Å². The molecule has 0 fully saturated rings. The standard InChI is InChI=1S/C29H26ClF4N3O5/c1-4-28(41)15-7-19-24-13(9-37(19)26(39)14(15)10-42-27(28)40)21-17(36-25(38)22(11(2)3)29(32,33)34)6-5-12-20(21)18(35-24)8-16(31)23(12)30/h7-8,11,17,22,41H,4-6,9-10H2,1-3H3,(H,36,38)/t17-,22+,28-/m0/s1.